The highest BCUT2D eigenvalue weighted by atomic mass is 79.9. The van der Waals surface area contributed by atoms with Crippen molar-refractivity contribution in [3.8, 4) is 0 Å². The monoisotopic (exact) mass is 476 g/mol. The molecule has 0 saturated heterocycles. The van der Waals surface area contributed by atoms with Crippen molar-refractivity contribution in [2.24, 2.45) is 0 Å². The maximum Gasteiger partial charge on any atom is 0.261 e. The lowest BCUT2D eigenvalue weighted by atomic mass is 10.2. The molecular weight excluding hydrogens is 459 g/mol. The Morgan fingerprint density at radius 1 is 1.03 bits per heavy atom. The second-order valence-corrected chi connectivity index (χ2v) is 8.96. The van der Waals surface area contributed by atoms with Gasteiger partial charge in [0.1, 0.15) is 5.82 Å². The first-order valence-corrected chi connectivity index (χ1v) is 10.9. The molecule has 0 radical (unpaired) electrons. The van der Waals surface area contributed by atoms with Gasteiger partial charge in [-0.15, -0.1) is 0 Å². The molecule has 3 aromatic rings. The number of carbonyl (C=O) groups excluding carboxylic acids is 1. The highest BCUT2D eigenvalue weighted by molar-refractivity contribution is 9.10. The molecule has 3 rings (SSSR count). The van der Waals surface area contributed by atoms with E-state index in [2.05, 4.69) is 26.0 Å². The molecular formula is C21H18BrFN2O3S. The molecule has 8 heteroatoms. The van der Waals surface area contributed by atoms with Crippen LogP contribution in [0, 0.1) is 12.7 Å². The van der Waals surface area contributed by atoms with E-state index in [4.69, 9.17) is 0 Å². The maximum absolute atomic E-state index is 13.0. The Hall–Kier alpha value is -2.71. The van der Waals surface area contributed by atoms with Crippen LogP contribution in [0.2, 0.25) is 0 Å². The predicted molar refractivity (Wildman–Crippen MR) is 114 cm³/mol. The number of halogens is 2. The fraction of sp³-hybridized carbons (Fsp3) is 0.0952. The van der Waals surface area contributed by atoms with Crippen molar-refractivity contribution in [1.29, 1.82) is 0 Å². The quantitative estimate of drug-likeness (QED) is 0.544. The minimum atomic E-state index is -3.88. The van der Waals surface area contributed by atoms with Gasteiger partial charge in [-0.05, 0) is 76.4 Å². The molecule has 3 aromatic carbocycles. The molecule has 29 heavy (non-hydrogen) atoms. The Kier molecular flexibility index (Phi) is 6.34. The summed E-state index contributed by atoms with van der Waals surface area (Å²) in [5.41, 5.74) is 2.25. The molecule has 0 saturated carbocycles. The minimum absolute atomic E-state index is 0.0275. The van der Waals surface area contributed by atoms with E-state index in [1.165, 1.54) is 36.4 Å². The van der Waals surface area contributed by atoms with Crippen molar-refractivity contribution in [1.82, 2.24) is 5.32 Å². The van der Waals surface area contributed by atoms with Crippen molar-refractivity contribution in [2.45, 2.75) is 18.4 Å². The SMILES string of the molecule is Cc1ccc(Br)c(NS(=O)(=O)c2cccc(C(=O)NCc3ccc(F)cc3)c2)c1. The summed E-state index contributed by atoms with van der Waals surface area (Å²) in [6, 6.07) is 16.8. The van der Waals surface area contributed by atoms with E-state index in [1.807, 2.05) is 13.0 Å². The summed E-state index contributed by atoms with van der Waals surface area (Å²) in [7, 11) is -3.88. The number of sulfonamides is 1. The van der Waals surface area contributed by atoms with Crippen molar-refractivity contribution >= 4 is 37.5 Å². The molecule has 0 aliphatic carbocycles. The van der Waals surface area contributed by atoms with Gasteiger partial charge < -0.3 is 5.32 Å². The van der Waals surface area contributed by atoms with Crippen LogP contribution in [0.4, 0.5) is 10.1 Å². The van der Waals surface area contributed by atoms with E-state index in [0.717, 1.165) is 11.1 Å². The van der Waals surface area contributed by atoms with Crippen LogP contribution in [0.3, 0.4) is 0 Å². The van der Waals surface area contributed by atoms with Crippen molar-refractivity contribution in [3.63, 3.8) is 0 Å². The third kappa shape index (κ3) is 5.42. The number of hydrogen-bond donors (Lipinski definition) is 2. The van der Waals surface area contributed by atoms with Crippen LogP contribution < -0.4 is 10.0 Å². The van der Waals surface area contributed by atoms with Gasteiger partial charge in [-0.3, -0.25) is 9.52 Å². The molecule has 0 bridgehead atoms. The van der Waals surface area contributed by atoms with Crippen LogP contribution in [-0.4, -0.2) is 14.3 Å². The Morgan fingerprint density at radius 3 is 2.48 bits per heavy atom. The Bertz CT molecular complexity index is 1150. The van der Waals surface area contributed by atoms with E-state index < -0.39 is 15.9 Å². The Balaban J connectivity index is 1.76. The van der Waals surface area contributed by atoms with Gasteiger partial charge in [0.15, 0.2) is 0 Å². The van der Waals surface area contributed by atoms with E-state index in [-0.39, 0.29) is 22.8 Å². The normalized spacial score (nSPS) is 11.1. The highest BCUT2D eigenvalue weighted by Gasteiger charge is 2.18. The number of nitrogens with one attached hydrogen (secondary N) is 2. The summed E-state index contributed by atoms with van der Waals surface area (Å²) in [6.07, 6.45) is 0. The topological polar surface area (TPSA) is 75.3 Å². The fourth-order valence-electron chi connectivity index (χ4n) is 2.61. The number of aryl methyl sites for hydroxylation is 1. The summed E-state index contributed by atoms with van der Waals surface area (Å²) in [5.74, 6) is -0.783. The van der Waals surface area contributed by atoms with Crippen LogP contribution >= 0.6 is 15.9 Å². The second-order valence-electron chi connectivity index (χ2n) is 6.43. The molecule has 1 amide bonds. The van der Waals surface area contributed by atoms with Crippen LogP contribution in [-0.2, 0) is 16.6 Å². The molecule has 2 N–H and O–H groups in total. The second kappa shape index (κ2) is 8.75. The van der Waals surface area contributed by atoms with Crippen LogP contribution in [0.25, 0.3) is 0 Å². The van der Waals surface area contributed by atoms with Crippen molar-refractivity contribution < 1.29 is 17.6 Å². The van der Waals surface area contributed by atoms with Crippen molar-refractivity contribution in [3.05, 3.63) is 93.7 Å². The standard InChI is InChI=1S/C21H18BrFN2O3S/c1-14-5-10-19(22)20(11-14)25-29(27,28)18-4-2-3-16(12-18)21(26)24-13-15-6-8-17(23)9-7-15/h2-12,25H,13H2,1H3,(H,24,26). The van der Waals surface area contributed by atoms with E-state index in [0.29, 0.717) is 10.2 Å². The van der Waals surface area contributed by atoms with Crippen LogP contribution in [0.15, 0.2) is 76.1 Å². The predicted octanol–water partition coefficient (Wildman–Crippen LogP) is 4.63. The lowest BCUT2D eigenvalue weighted by Gasteiger charge is -2.12. The Morgan fingerprint density at radius 2 is 1.76 bits per heavy atom. The number of hydrogen-bond acceptors (Lipinski definition) is 3. The lowest BCUT2D eigenvalue weighted by molar-refractivity contribution is 0.0950. The zero-order valence-electron chi connectivity index (χ0n) is 15.4. The number of anilines is 1. The summed E-state index contributed by atoms with van der Waals surface area (Å²) >= 11 is 3.33. The molecule has 0 aliphatic rings. The zero-order chi connectivity index (χ0) is 21.0. The largest absolute Gasteiger partial charge is 0.348 e. The molecule has 0 aliphatic heterocycles. The summed E-state index contributed by atoms with van der Waals surface area (Å²) < 4.78 is 41.6. The first kappa shape index (κ1) is 21.0. The molecule has 0 atom stereocenters. The van der Waals surface area contributed by atoms with Gasteiger partial charge in [0.2, 0.25) is 0 Å². The third-order valence-corrected chi connectivity index (χ3v) is 6.19. The average Bonchev–Trinajstić information content (AvgIpc) is 2.70. The minimum Gasteiger partial charge on any atom is -0.348 e. The highest BCUT2D eigenvalue weighted by Crippen LogP contribution is 2.26. The number of rotatable bonds is 6. The summed E-state index contributed by atoms with van der Waals surface area (Å²) in [6.45, 7) is 2.06. The lowest BCUT2D eigenvalue weighted by Crippen LogP contribution is -2.23. The average molecular weight is 477 g/mol. The van der Waals surface area contributed by atoms with Crippen molar-refractivity contribution in [2.75, 3.05) is 4.72 Å². The number of amides is 1. The van der Waals surface area contributed by atoms with Crippen LogP contribution in [0.1, 0.15) is 21.5 Å². The first-order valence-electron chi connectivity index (χ1n) is 8.66. The number of benzene rings is 3. The van der Waals surface area contributed by atoms with Gasteiger partial charge in [-0.1, -0.05) is 24.3 Å². The van der Waals surface area contributed by atoms with E-state index >= 15 is 0 Å². The van der Waals surface area contributed by atoms with E-state index in [9.17, 15) is 17.6 Å². The fourth-order valence-corrected chi connectivity index (χ4v) is 4.21. The molecule has 5 nitrogen and oxygen atoms in total. The smallest absolute Gasteiger partial charge is 0.261 e. The van der Waals surface area contributed by atoms with Gasteiger partial charge in [0.05, 0.1) is 10.6 Å². The zero-order valence-corrected chi connectivity index (χ0v) is 17.8. The Labute approximate surface area is 177 Å². The molecule has 0 fully saturated rings. The molecule has 0 heterocycles. The van der Waals surface area contributed by atoms with Gasteiger partial charge >= 0.3 is 0 Å². The molecule has 0 aromatic heterocycles. The first-order chi connectivity index (χ1) is 13.7. The molecule has 150 valence electrons. The third-order valence-electron chi connectivity index (χ3n) is 4.14. The maximum atomic E-state index is 13.0. The van der Waals surface area contributed by atoms with Gasteiger partial charge in [-0.25, -0.2) is 12.8 Å². The molecule has 0 spiro atoms. The molecule has 0 unspecified atom stereocenters. The summed E-state index contributed by atoms with van der Waals surface area (Å²) in [4.78, 5) is 12.4. The van der Waals surface area contributed by atoms with E-state index in [1.54, 1.807) is 24.3 Å². The van der Waals surface area contributed by atoms with Gasteiger partial charge in [-0.2, -0.15) is 0 Å². The van der Waals surface area contributed by atoms with Gasteiger partial charge in [0.25, 0.3) is 15.9 Å². The number of carbonyl (C=O) groups is 1. The van der Waals surface area contributed by atoms with Crippen LogP contribution in [0.5, 0.6) is 0 Å². The van der Waals surface area contributed by atoms with Gasteiger partial charge in [0, 0.05) is 16.6 Å². The summed E-state index contributed by atoms with van der Waals surface area (Å²) in [5, 5.41) is 2.70.